The van der Waals surface area contributed by atoms with E-state index >= 15 is 0 Å². The molecule has 1 aromatic carbocycles. The summed E-state index contributed by atoms with van der Waals surface area (Å²) in [6, 6.07) is 5.65. The lowest BCUT2D eigenvalue weighted by atomic mass is 10.1. The minimum absolute atomic E-state index is 0.155. The molecule has 0 saturated heterocycles. The summed E-state index contributed by atoms with van der Waals surface area (Å²) >= 11 is 0. The van der Waals surface area contributed by atoms with Crippen molar-refractivity contribution in [2.24, 2.45) is 0 Å². The predicted octanol–water partition coefficient (Wildman–Crippen LogP) is 2.01. The third-order valence-corrected chi connectivity index (χ3v) is 1.60. The molecule has 0 aromatic heterocycles. The van der Waals surface area contributed by atoms with Gasteiger partial charge in [0.1, 0.15) is 5.82 Å². The van der Waals surface area contributed by atoms with Crippen LogP contribution in [-0.2, 0) is 9.53 Å². The quantitative estimate of drug-likeness (QED) is 0.514. The molecule has 0 unspecified atom stereocenters. The Morgan fingerprint density at radius 1 is 1.54 bits per heavy atom. The van der Waals surface area contributed by atoms with Crippen LogP contribution in [0.3, 0.4) is 0 Å². The zero-order valence-electron chi connectivity index (χ0n) is 7.21. The van der Waals surface area contributed by atoms with Crippen LogP contribution in [0.25, 0.3) is 5.57 Å². The van der Waals surface area contributed by atoms with Crippen molar-refractivity contribution in [3.05, 3.63) is 42.2 Å². The molecule has 0 N–H and O–H groups in total. The van der Waals surface area contributed by atoms with Crippen LogP contribution < -0.4 is 0 Å². The Labute approximate surface area is 75.6 Å². The normalized spacial score (nSPS) is 9.38. The standard InChI is InChI=1S/C10H9FO2/c1-7(10(12)13-2)8-4-3-5-9(11)6-8/h3-6H,1H2,2H3. The largest absolute Gasteiger partial charge is 0.465 e. The minimum atomic E-state index is -0.550. The molecule has 0 aliphatic rings. The van der Waals surface area contributed by atoms with Gasteiger partial charge in [-0.25, -0.2) is 9.18 Å². The molecule has 0 aliphatic carbocycles. The van der Waals surface area contributed by atoms with E-state index in [4.69, 9.17) is 0 Å². The Bertz CT molecular complexity index is 345. The third kappa shape index (κ3) is 2.15. The van der Waals surface area contributed by atoms with Gasteiger partial charge in [0.15, 0.2) is 0 Å². The van der Waals surface area contributed by atoms with Crippen molar-refractivity contribution in [2.45, 2.75) is 0 Å². The van der Waals surface area contributed by atoms with Crippen LogP contribution in [0, 0.1) is 5.82 Å². The number of methoxy groups -OCH3 is 1. The Morgan fingerprint density at radius 2 is 2.23 bits per heavy atom. The predicted molar refractivity (Wildman–Crippen MR) is 47.5 cm³/mol. The van der Waals surface area contributed by atoms with E-state index in [0.717, 1.165) is 0 Å². The van der Waals surface area contributed by atoms with Crippen molar-refractivity contribution in [2.75, 3.05) is 7.11 Å². The molecule has 0 amide bonds. The number of ether oxygens (including phenoxy) is 1. The lowest BCUT2D eigenvalue weighted by molar-refractivity contribution is -0.133. The van der Waals surface area contributed by atoms with E-state index in [1.807, 2.05) is 0 Å². The molecule has 0 radical (unpaired) electrons. The van der Waals surface area contributed by atoms with Crippen LogP contribution in [-0.4, -0.2) is 13.1 Å². The molecule has 3 heteroatoms. The van der Waals surface area contributed by atoms with Crippen LogP contribution in [0.1, 0.15) is 5.56 Å². The average molecular weight is 180 g/mol. The number of rotatable bonds is 2. The van der Waals surface area contributed by atoms with Gasteiger partial charge in [0.25, 0.3) is 0 Å². The van der Waals surface area contributed by atoms with E-state index in [9.17, 15) is 9.18 Å². The maximum atomic E-state index is 12.7. The van der Waals surface area contributed by atoms with Gasteiger partial charge in [0, 0.05) is 0 Å². The Balaban J connectivity index is 2.95. The van der Waals surface area contributed by atoms with Crippen LogP contribution in [0.5, 0.6) is 0 Å². The lowest BCUT2D eigenvalue weighted by Crippen LogP contribution is -2.02. The third-order valence-electron chi connectivity index (χ3n) is 1.60. The summed E-state index contributed by atoms with van der Waals surface area (Å²) in [5, 5.41) is 0. The molecule has 0 atom stereocenters. The molecule has 0 bridgehead atoms. The maximum absolute atomic E-state index is 12.7. The molecule has 0 spiro atoms. The molecular weight excluding hydrogens is 171 g/mol. The number of esters is 1. The van der Waals surface area contributed by atoms with E-state index in [1.165, 1.54) is 25.3 Å². The summed E-state index contributed by atoms with van der Waals surface area (Å²) in [7, 11) is 1.26. The molecule has 0 aliphatic heterocycles. The van der Waals surface area contributed by atoms with Crippen LogP contribution in [0.2, 0.25) is 0 Å². The van der Waals surface area contributed by atoms with Gasteiger partial charge >= 0.3 is 5.97 Å². The fraction of sp³-hybridized carbons (Fsp3) is 0.100. The van der Waals surface area contributed by atoms with E-state index in [2.05, 4.69) is 11.3 Å². The van der Waals surface area contributed by atoms with E-state index in [0.29, 0.717) is 5.56 Å². The van der Waals surface area contributed by atoms with Crippen molar-refractivity contribution in [1.82, 2.24) is 0 Å². The summed E-state index contributed by atoms with van der Waals surface area (Å²) in [6.07, 6.45) is 0. The van der Waals surface area contributed by atoms with Crippen LogP contribution in [0.15, 0.2) is 30.8 Å². The molecular formula is C10H9FO2. The van der Waals surface area contributed by atoms with Crippen molar-refractivity contribution in [3.63, 3.8) is 0 Å². The number of carbonyl (C=O) groups is 1. The van der Waals surface area contributed by atoms with Crippen molar-refractivity contribution < 1.29 is 13.9 Å². The Kier molecular flexibility index (Phi) is 2.80. The molecule has 0 heterocycles. The SMILES string of the molecule is C=C(C(=O)OC)c1cccc(F)c1. The Morgan fingerprint density at radius 3 is 2.77 bits per heavy atom. The monoisotopic (exact) mass is 180 g/mol. The average Bonchev–Trinajstić information content (AvgIpc) is 2.15. The number of halogens is 1. The molecule has 1 aromatic rings. The summed E-state index contributed by atoms with van der Waals surface area (Å²) < 4.78 is 17.1. The van der Waals surface area contributed by atoms with E-state index in [1.54, 1.807) is 6.07 Å². The number of hydrogen-bond acceptors (Lipinski definition) is 2. The topological polar surface area (TPSA) is 26.3 Å². The van der Waals surface area contributed by atoms with Gasteiger partial charge in [-0.05, 0) is 17.7 Å². The molecule has 68 valence electrons. The van der Waals surface area contributed by atoms with Crippen molar-refractivity contribution in [1.29, 1.82) is 0 Å². The Hall–Kier alpha value is -1.64. The smallest absolute Gasteiger partial charge is 0.337 e. The fourth-order valence-corrected chi connectivity index (χ4v) is 0.917. The van der Waals surface area contributed by atoms with E-state index in [-0.39, 0.29) is 5.57 Å². The molecule has 2 nitrogen and oxygen atoms in total. The first-order valence-corrected chi connectivity index (χ1v) is 3.68. The molecule has 0 saturated carbocycles. The molecule has 13 heavy (non-hydrogen) atoms. The summed E-state index contributed by atoms with van der Waals surface area (Å²) in [5.74, 6) is -0.951. The second-order valence-corrected chi connectivity index (χ2v) is 2.48. The number of hydrogen-bond donors (Lipinski definition) is 0. The van der Waals surface area contributed by atoms with Crippen LogP contribution >= 0.6 is 0 Å². The second-order valence-electron chi connectivity index (χ2n) is 2.48. The number of benzene rings is 1. The van der Waals surface area contributed by atoms with Crippen molar-refractivity contribution >= 4 is 11.5 Å². The fourth-order valence-electron chi connectivity index (χ4n) is 0.917. The lowest BCUT2D eigenvalue weighted by Gasteiger charge is -2.02. The van der Waals surface area contributed by atoms with Gasteiger partial charge in [0.05, 0.1) is 12.7 Å². The molecule has 1 rings (SSSR count). The first kappa shape index (κ1) is 9.45. The zero-order valence-corrected chi connectivity index (χ0v) is 7.21. The van der Waals surface area contributed by atoms with Gasteiger partial charge in [-0.15, -0.1) is 0 Å². The van der Waals surface area contributed by atoms with Gasteiger partial charge in [-0.3, -0.25) is 0 Å². The second kappa shape index (κ2) is 3.85. The highest BCUT2D eigenvalue weighted by atomic mass is 19.1. The summed E-state index contributed by atoms with van der Waals surface area (Å²) in [6.45, 7) is 3.50. The van der Waals surface area contributed by atoms with Crippen molar-refractivity contribution in [3.8, 4) is 0 Å². The number of carbonyl (C=O) groups excluding carboxylic acids is 1. The van der Waals surface area contributed by atoms with Gasteiger partial charge in [-0.2, -0.15) is 0 Å². The van der Waals surface area contributed by atoms with Gasteiger partial charge in [-0.1, -0.05) is 18.7 Å². The van der Waals surface area contributed by atoms with Crippen LogP contribution in [0.4, 0.5) is 4.39 Å². The first-order chi connectivity index (χ1) is 6.15. The first-order valence-electron chi connectivity index (χ1n) is 3.68. The maximum Gasteiger partial charge on any atom is 0.337 e. The zero-order chi connectivity index (χ0) is 9.84. The summed E-state index contributed by atoms with van der Waals surface area (Å²) in [5.41, 5.74) is 0.592. The van der Waals surface area contributed by atoms with Gasteiger partial charge < -0.3 is 4.74 Å². The highest BCUT2D eigenvalue weighted by Crippen LogP contribution is 2.14. The highest BCUT2D eigenvalue weighted by Gasteiger charge is 2.09. The summed E-state index contributed by atoms with van der Waals surface area (Å²) in [4.78, 5) is 11.0. The minimum Gasteiger partial charge on any atom is -0.465 e. The van der Waals surface area contributed by atoms with E-state index < -0.39 is 11.8 Å². The van der Waals surface area contributed by atoms with Gasteiger partial charge in [0.2, 0.25) is 0 Å². The molecule has 0 fully saturated rings. The highest BCUT2D eigenvalue weighted by molar-refractivity contribution is 6.15.